The lowest BCUT2D eigenvalue weighted by Crippen LogP contribution is -2.39. The topological polar surface area (TPSA) is 104 Å². The number of urea groups is 1. The van der Waals surface area contributed by atoms with E-state index >= 15 is 0 Å². The molecule has 26 heavy (non-hydrogen) atoms. The number of anilines is 1. The Kier molecular flexibility index (Phi) is 5.22. The molecule has 3 atom stereocenters. The SMILES string of the molecule is Cc1ccc(NC(=O)CCCC[C@@H]2[C@H]3NC(=O)N[C@H]3CS2(=O)=O)c(C)c1. The monoisotopic (exact) mass is 379 g/mol. The molecule has 0 bridgehead atoms. The largest absolute Gasteiger partial charge is 0.332 e. The van der Waals surface area contributed by atoms with Crippen LogP contribution in [0.4, 0.5) is 10.5 Å². The van der Waals surface area contributed by atoms with Crippen LogP contribution in [0.2, 0.25) is 0 Å². The maximum absolute atomic E-state index is 12.2. The van der Waals surface area contributed by atoms with Crippen molar-refractivity contribution in [1.29, 1.82) is 0 Å². The molecule has 1 aromatic rings. The molecule has 0 aliphatic carbocycles. The Labute approximate surface area is 153 Å². The molecule has 7 nitrogen and oxygen atoms in total. The Morgan fingerprint density at radius 3 is 2.73 bits per heavy atom. The number of benzene rings is 1. The molecule has 0 radical (unpaired) electrons. The van der Waals surface area contributed by atoms with E-state index < -0.39 is 15.1 Å². The summed E-state index contributed by atoms with van der Waals surface area (Å²) in [6.45, 7) is 3.95. The Balaban J connectivity index is 1.46. The quantitative estimate of drug-likeness (QED) is 0.516. The number of fused-ring (bicyclic) bond motifs is 1. The van der Waals surface area contributed by atoms with Crippen molar-refractivity contribution in [3.8, 4) is 0 Å². The van der Waals surface area contributed by atoms with Gasteiger partial charge in [0.2, 0.25) is 5.91 Å². The van der Waals surface area contributed by atoms with E-state index in [1.165, 1.54) is 0 Å². The third-order valence-corrected chi connectivity index (χ3v) is 7.40. The van der Waals surface area contributed by atoms with E-state index in [1.54, 1.807) is 0 Å². The first-order valence-corrected chi connectivity index (χ1v) is 10.6. The molecule has 142 valence electrons. The second-order valence-electron chi connectivity index (χ2n) is 7.23. The first kappa shape index (κ1) is 18.7. The minimum absolute atomic E-state index is 0.00569. The van der Waals surface area contributed by atoms with Gasteiger partial charge in [0, 0.05) is 12.1 Å². The molecule has 0 aromatic heterocycles. The van der Waals surface area contributed by atoms with E-state index in [2.05, 4.69) is 16.0 Å². The van der Waals surface area contributed by atoms with Gasteiger partial charge in [-0.2, -0.15) is 0 Å². The summed E-state index contributed by atoms with van der Waals surface area (Å²) in [4.78, 5) is 23.5. The van der Waals surface area contributed by atoms with E-state index in [9.17, 15) is 18.0 Å². The van der Waals surface area contributed by atoms with Gasteiger partial charge in [-0.15, -0.1) is 0 Å². The molecule has 0 saturated carbocycles. The van der Waals surface area contributed by atoms with E-state index in [4.69, 9.17) is 0 Å². The highest BCUT2D eigenvalue weighted by atomic mass is 32.2. The van der Waals surface area contributed by atoms with Crippen molar-refractivity contribution in [2.45, 2.75) is 56.9 Å². The molecule has 0 spiro atoms. The van der Waals surface area contributed by atoms with Crippen molar-refractivity contribution in [3.63, 3.8) is 0 Å². The summed E-state index contributed by atoms with van der Waals surface area (Å²) < 4.78 is 24.5. The average Bonchev–Trinajstić information content (AvgIpc) is 2.99. The molecule has 0 unspecified atom stereocenters. The van der Waals surface area contributed by atoms with Crippen molar-refractivity contribution in [3.05, 3.63) is 29.3 Å². The number of carbonyl (C=O) groups is 2. The molecule has 2 fully saturated rings. The minimum atomic E-state index is -3.21. The number of sulfone groups is 1. The van der Waals surface area contributed by atoms with Gasteiger partial charge in [0.05, 0.1) is 23.1 Å². The molecular weight excluding hydrogens is 354 g/mol. The summed E-state index contributed by atoms with van der Waals surface area (Å²) in [5.41, 5.74) is 2.97. The normalized spacial score (nSPS) is 26.1. The van der Waals surface area contributed by atoms with Gasteiger partial charge in [-0.05, 0) is 38.3 Å². The smallest absolute Gasteiger partial charge is 0.315 e. The van der Waals surface area contributed by atoms with Gasteiger partial charge < -0.3 is 16.0 Å². The number of hydrogen-bond acceptors (Lipinski definition) is 4. The third kappa shape index (κ3) is 4.00. The molecular formula is C18H25N3O4S. The van der Waals surface area contributed by atoms with E-state index in [-0.39, 0.29) is 29.8 Å². The van der Waals surface area contributed by atoms with Crippen molar-refractivity contribution in [2.24, 2.45) is 0 Å². The molecule has 2 aliphatic heterocycles. The van der Waals surface area contributed by atoms with Crippen LogP contribution in [0.15, 0.2) is 18.2 Å². The van der Waals surface area contributed by atoms with Crippen LogP contribution in [0.1, 0.15) is 36.8 Å². The molecule has 3 rings (SSSR count). The molecule has 3 N–H and O–H groups in total. The zero-order valence-corrected chi connectivity index (χ0v) is 15.9. The van der Waals surface area contributed by atoms with Crippen molar-refractivity contribution in [1.82, 2.24) is 10.6 Å². The van der Waals surface area contributed by atoms with Gasteiger partial charge in [-0.3, -0.25) is 4.79 Å². The van der Waals surface area contributed by atoms with Gasteiger partial charge in [-0.1, -0.05) is 24.1 Å². The number of unbranched alkanes of at least 4 members (excludes halogenated alkanes) is 1. The number of aryl methyl sites for hydroxylation is 2. The van der Waals surface area contributed by atoms with Crippen molar-refractivity contribution in [2.75, 3.05) is 11.1 Å². The summed E-state index contributed by atoms with van der Waals surface area (Å²) in [7, 11) is -3.21. The van der Waals surface area contributed by atoms with E-state index in [1.807, 2.05) is 32.0 Å². The van der Waals surface area contributed by atoms with Crippen LogP contribution in [0, 0.1) is 13.8 Å². The maximum atomic E-state index is 12.2. The Hall–Kier alpha value is -2.09. The van der Waals surface area contributed by atoms with E-state index in [0.717, 1.165) is 16.8 Å². The standard InChI is InChI=1S/C18H25N3O4S/c1-11-7-8-13(12(2)9-11)19-16(22)6-4-3-5-15-17-14(10-26(15,24)25)20-18(23)21-17/h7-9,14-15,17H,3-6,10H2,1-2H3,(H,19,22)(H2,20,21,23)/t14-,15+,17-/m0/s1. The number of hydrogen-bond donors (Lipinski definition) is 3. The van der Waals surface area contributed by atoms with Crippen LogP contribution in [0.25, 0.3) is 0 Å². The first-order chi connectivity index (χ1) is 12.3. The molecule has 2 heterocycles. The van der Waals surface area contributed by atoms with Gasteiger partial charge in [-0.25, -0.2) is 13.2 Å². The molecule has 8 heteroatoms. The Morgan fingerprint density at radius 1 is 1.23 bits per heavy atom. The van der Waals surface area contributed by atoms with Gasteiger partial charge in [0.15, 0.2) is 9.84 Å². The predicted molar refractivity (Wildman–Crippen MR) is 99.8 cm³/mol. The van der Waals surface area contributed by atoms with Gasteiger partial charge in [0.1, 0.15) is 0 Å². The highest BCUT2D eigenvalue weighted by molar-refractivity contribution is 7.92. The van der Waals surface area contributed by atoms with Crippen molar-refractivity contribution >= 4 is 27.5 Å². The summed E-state index contributed by atoms with van der Waals surface area (Å²) in [5, 5.41) is 7.70. The highest BCUT2D eigenvalue weighted by Crippen LogP contribution is 2.28. The summed E-state index contributed by atoms with van der Waals surface area (Å²) in [5.74, 6) is -0.0752. The van der Waals surface area contributed by atoms with Crippen LogP contribution < -0.4 is 16.0 Å². The van der Waals surface area contributed by atoms with Crippen LogP contribution in [0.3, 0.4) is 0 Å². The fraction of sp³-hybridized carbons (Fsp3) is 0.556. The van der Waals surface area contributed by atoms with Crippen LogP contribution in [-0.2, 0) is 14.6 Å². The molecule has 2 saturated heterocycles. The molecule has 3 amide bonds. The lowest BCUT2D eigenvalue weighted by molar-refractivity contribution is -0.116. The predicted octanol–water partition coefficient (Wildman–Crippen LogP) is 1.65. The summed E-state index contributed by atoms with van der Waals surface area (Å²) in [6, 6.07) is 4.88. The minimum Gasteiger partial charge on any atom is -0.332 e. The zero-order chi connectivity index (χ0) is 18.9. The van der Waals surface area contributed by atoms with Gasteiger partial charge in [0.25, 0.3) is 0 Å². The lowest BCUT2D eigenvalue weighted by Gasteiger charge is -2.16. The van der Waals surface area contributed by atoms with Crippen LogP contribution in [-0.4, -0.2) is 43.4 Å². The summed E-state index contributed by atoms with van der Waals surface area (Å²) in [6.07, 6.45) is 2.05. The first-order valence-electron chi connectivity index (χ1n) is 8.92. The molecule has 2 aliphatic rings. The number of amides is 3. The number of nitrogens with one attached hydrogen (secondary N) is 3. The second-order valence-corrected chi connectivity index (χ2v) is 9.49. The van der Waals surface area contributed by atoms with Crippen LogP contribution >= 0.6 is 0 Å². The lowest BCUT2D eigenvalue weighted by atomic mass is 10.0. The highest BCUT2D eigenvalue weighted by Gasteiger charge is 2.51. The summed E-state index contributed by atoms with van der Waals surface area (Å²) >= 11 is 0. The Morgan fingerprint density at radius 2 is 2.00 bits per heavy atom. The van der Waals surface area contributed by atoms with Crippen LogP contribution in [0.5, 0.6) is 0 Å². The third-order valence-electron chi connectivity index (χ3n) is 5.12. The maximum Gasteiger partial charge on any atom is 0.315 e. The van der Waals surface area contributed by atoms with Crippen molar-refractivity contribution < 1.29 is 18.0 Å². The fourth-order valence-electron chi connectivity index (χ4n) is 3.80. The van der Waals surface area contributed by atoms with E-state index in [0.29, 0.717) is 25.7 Å². The second kappa shape index (κ2) is 7.26. The zero-order valence-electron chi connectivity index (χ0n) is 15.0. The molecule has 1 aromatic carbocycles. The average molecular weight is 379 g/mol. The Bertz CT molecular complexity index is 822. The fourth-order valence-corrected chi connectivity index (χ4v) is 6.07. The van der Waals surface area contributed by atoms with Gasteiger partial charge >= 0.3 is 6.03 Å². The number of carbonyl (C=O) groups excluding carboxylic acids is 2. The number of rotatable bonds is 6.